The summed E-state index contributed by atoms with van der Waals surface area (Å²) in [6.45, 7) is 3.73. The quantitative estimate of drug-likeness (QED) is 0.597. The molecule has 21 heavy (non-hydrogen) atoms. The van der Waals surface area contributed by atoms with Crippen molar-refractivity contribution in [2.45, 2.75) is 25.8 Å². The molecule has 0 aliphatic heterocycles. The summed E-state index contributed by atoms with van der Waals surface area (Å²) in [5.41, 5.74) is 2.47. The second-order valence-electron chi connectivity index (χ2n) is 5.15. The number of aliphatic hydroxyl groups is 1. The Morgan fingerprint density at radius 2 is 2.10 bits per heavy atom. The Bertz CT molecular complexity index is 402. The molecule has 0 saturated heterocycles. The van der Waals surface area contributed by atoms with Crippen LogP contribution < -0.4 is 10.2 Å². The molecule has 2 N–H and O–H groups in total. The van der Waals surface area contributed by atoms with E-state index in [-0.39, 0.29) is 0 Å². The van der Waals surface area contributed by atoms with Gasteiger partial charge in [0.05, 0.1) is 6.61 Å². The molecule has 0 heterocycles. The van der Waals surface area contributed by atoms with Crippen LogP contribution in [0.1, 0.15) is 24.8 Å². The van der Waals surface area contributed by atoms with Gasteiger partial charge in [-0.15, -0.1) is 0 Å². The third kappa shape index (κ3) is 7.27. The van der Waals surface area contributed by atoms with Gasteiger partial charge < -0.3 is 20.1 Å². The molecule has 0 amide bonds. The highest BCUT2D eigenvalue weighted by Gasteiger charge is 2.05. The third-order valence-electron chi connectivity index (χ3n) is 3.43. The number of nitrogens with one attached hydrogen (secondary N) is 1. The molecule has 0 unspecified atom stereocenters. The second-order valence-corrected chi connectivity index (χ2v) is 6.01. The summed E-state index contributed by atoms with van der Waals surface area (Å²) in [6.07, 6.45) is 3.07. The van der Waals surface area contributed by atoms with E-state index < -0.39 is 0 Å². The normalized spacial score (nSPS) is 10.9. The molecule has 120 valence electrons. The van der Waals surface area contributed by atoms with E-state index in [1.807, 2.05) is 0 Å². The number of aliphatic hydroxyl groups excluding tert-OH is 1. The van der Waals surface area contributed by atoms with Crippen molar-refractivity contribution in [2.24, 2.45) is 0 Å². The van der Waals surface area contributed by atoms with Crippen LogP contribution in [0.5, 0.6) is 0 Å². The number of halogens is 1. The fourth-order valence-corrected chi connectivity index (χ4v) is 2.59. The minimum Gasteiger partial charge on any atom is -0.396 e. The van der Waals surface area contributed by atoms with Crippen LogP contribution in [0.25, 0.3) is 0 Å². The Morgan fingerprint density at radius 3 is 2.76 bits per heavy atom. The lowest BCUT2D eigenvalue weighted by atomic mass is 10.2. The molecular formula is C16H27BrN2O2. The van der Waals surface area contributed by atoms with E-state index in [4.69, 9.17) is 9.84 Å². The Morgan fingerprint density at radius 1 is 1.29 bits per heavy atom. The largest absolute Gasteiger partial charge is 0.396 e. The summed E-state index contributed by atoms with van der Waals surface area (Å²) >= 11 is 3.65. The molecule has 1 aromatic carbocycles. The fourth-order valence-electron chi connectivity index (χ4n) is 2.08. The van der Waals surface area contributed by atoms with Gasteiger partial charge in [-0.05, 0) is 37.0 Å². The lowest BCUT2D eigenvalue weighted by molar-refractivity contribution is 0.199. The van der Waals surface area contributed by atoms with Crippen LogP contribution in [0.15, 0.2) is 22.7 Å². The number of benzene rings is 1. The van der Waals surface area contributed by atoms with E-state index in [0.717, 1.165) is 50.0 Å². The lowest BCUT2D eigenvalue weighted by Crippen LogP contribution is -2.20. The molecule has 5 heteroatoms. The fraction of sp³-hybridized carbons (Fsp3) is 0.625. The average Bonchev–Trinajstić information content (AvgIpc) is 2.49. The number of anilines is 1. The number of hydrogen-bond acceptors (Lipinski definition) is 4. The Labute approximate surface area is 136 Å². The van der Waals surface area contributed by atoms with Crippen molar-refractivity contribution in [3.05, 3.63) is 28.2 Å². The average molecular weight is 359 g/mol. The summed E-state index contributed by atoms with van der Waals surface area (Å²) in [6, 6.07) is 6.48. The van der Waals surface area contributed by atoms with Crippen LogP contribution in [0.3, 0.4) is 0 Å². The SMILES string of the molecule is COCCNCc1ccc(N(C)CCCCCO)cc1Br. The predicted molar refractivity (Wildman–Crippen MR) is 91.9 cm³/mol. The van der Waals surface area contributed by atoms with Gasteiger partial charge in [-0.25, -0.2) is 0 Å². The van der Waals surface area contributed by atoms with Crippen LogP contribution in [0.2, 0.25) is 0 Å². The van der Waals surface area contributed by atoms with E-state index in [9.17, 15) is 0 Å². The molecule has 0 aliphatic carbocycles. The number of hydrogen-bond donors (Lipinski definition) is 2. The molecule has 0 aromatic heterocycles. The molecule has 0 saturated carbocycles. The Kier molecular flexibility index (Phi) is 9.67. The minimum atomic E-state index is 0.292. The zero-order chi connectivity index (χ0) is 15.5. The highest BCUT2D eigenvalue weighted by atomic mass is 79.9. The molecule has 0 atom stereocenters. The standard InChI is InChI=1S/C16H27BrN2O2/c1-19(9-4-3-5-10-20)15-7-6-14(16(17)12-15)13-18-8-11-21-2/h6-7,12,18,20H,3-5,8-11,13H2,1-2H3. The monoisotopic (exact) mass is 358 g/mol. The summed E-state index contributed by atoms with van der Waals surface area (Å²) < 4.78 is 6.15. The molecular weight excluding hydrogens is 332 g/mol. The summed E-state index contributed by atoms with van der Waals surface area (Å²) in [5.74, 6) is 0. The van der Waals surface area contributed by atoms with Crippen LogP contribution in [-0.2, 0) is 11.3 Å². The van der Waals surface area contributed by atoms with Crippen molar-refractivity contribution < 1.29 is 9.84 Å². The zero-order valence-electron chi connectivity index (χ0n) is 13.1. The predicted octanol–water partition coefficient (Wildman–Crippen LogP) is 2.78. The van der Waals surface area contributed by atoms with Crippen LogP contribution in [0, 0.1) is 0 Å². The van der Waals surface area contributed by atoms with Crippen molar-refractivity contribution in [1.82, 2.24) is 5.32 Å². The van der Waals surface area contributed by atoms with Gasteiger partial charge in [0.2, 0.25) is 0 Å². The Hall–Kier alpha value is -0.620. The number of ether oxygens (including phenoxy) is 1. The minimum absolute atomic E-state index is 0.292. The summed E-state index contributed by atoms with van der Waals surface area (Å²) in [5, 5.41) is 12.1. The van der Waals surface area contributed by atoms with Crippen LogP contribution >= 0.6 is 15.9 Å². The molecule has 0 spiro atoms. The summed E-state index contributed by atoms with van der Waals surface area (Å²) in [4.78, 5) is 2.25. The summed E-state index contributed by atoms with van der Waals surface area (Å²) in [7, 11) is 3.82. The number of rotatable bonds is 11. The maximum atomic E-state index is 8.79. The molecule has 0 fully saturated rings. The van der Waals surface area contributed by atoms with Gasteiger partial charge in [0, 0.05) is 50.6 Å². The van der Waals surface area contributed by atoms with Gasteiger partial charge in [0.15, 0.2) is 0 Å². The lowest BCUT2D eigenvalue weighted by Gasteiger charge is -2.20. The number of unbranched alkanes of at least 4 members (excludes halogenated alkanes) is 2. The van der Waals surface area contributed by atoms with Crippen molar-refractivity contribution in [1.29, 1.82) is 0 Å². The third-order valence-corrected chi connectivity index (χ3v) is 4.17. The topological polar surface area (TPSA) is 44.7 Å². The van der Waals surface area contributed by atoms with Gasteiger partial charge >= 0.3 is 0 Å². The van der Waals surface area contributed by atoms with Crippen molar-refractivity contribution in [3.63, 3.8) is 0 Å². The van der Waals surface area contributed by atoms with E-state index in [0.29, 0.717) is 6.61 Å². The second kappa shape index (κ2) is 11.0. The van der Waals surface area contributed by atoms with Crippen LogP contribution in [-0.4, -0.2) is 45.6 Å². The smallest absolute Gasteiger partial charge is 0.0587 e. The highest BCUT2D eigenvalue weighted by molar-refractivity contribution is 9.10. The highest BCUT2D eigenvalue weighted by Crippen LogP contribution is 2.24. The maximum absolute atomic E-state index is 8.79. The molecule has 4 nitrogen and oxygen atoms in total. The first-order valence-corrected chi connectivity index (χ1v) is 8.28. The number of nitrogens with zero attached hydrogens (tertiary/aromatic N) is 1. The van der Waals surface area contributed by atoms with Crippen LogP contribution in [0.4, 0.5) is 5.69 Å². The van der Waals surface area contributed by atoms with Crippen molar-refractivity contribution in [3.8, 4) is 0 Å². The first-order valence-electron chi connectivity index (χ1n) is 7.49. The molecule has 0 bridgehead atoms. The number of methoxy groups -OCH3 is 1. The molecule has 1 rings (SSSR count). The Balaban J connectivity index is 2.44. The first-order chi connectivity index (χ1) is 10.2. The first kappa shape index (κ1) is 18.4. The molecule has 0 aliphatic rings. The van der Waals surface area contributed by atoms with Gasteiger partial charge in [0.1, 0.15) is 0 Å². The molecule has 1 aromatic rings. The van der Waals surface area contributed by atoms with E-state index >= 15 is 0 Å². The van der Waals surface area contributed by atoms with Crippen molar-refractivity contribution in [2.75, 3.05) is 45.4 Å². The van der Waals surface area contributed by atoms with E-state index in [2.05, 4.69) is 51.4 Å². The van der Waals surface area contributed by atoms with Gasteiger partial charge in [-0.2, -0.15) is 0 Å². The van der Waals surface area contributed by atoms with Crippen molar-refractivity contribution >= 4 is 21.6 Å². The van der Waals surface area contributed by atoms with Gasteiger partial charge in [-0.1, -0.05) is 22.0 Å². The molecule has 0 radical (unpaired) electrons. The van der Waals surface area contributed by atoms with Gasteiger partial charge in [-0.3, -0.25) is 0 Å². The van der Waals surface area contributed by atoms with Gasteiger partial charge in [0.25, 0.3) is 0 Å². The zero-order valence-corrected chi connectivity index (χ0v) is 14.7. The van der Waals surface area contributed by atoms with E-state index in [1.165, 1.54) is 11.3 Å². The maximum Gasteiger partial charge on any atom is 0.0587 e. The van der Waals surface area contributed by atoms with E-state index in [1.54, 1.807) is 7.11 Å².